The van der Waals surface area contributed by atoms with E-state index in [1.165, 1.54) is 4.90 Å². The fraction of sp³-hybridized carbons (Fsp3) is 0.875. The molecule has 2 heterocycles. The second kappa shape index (κ2) is 8.35. The van der Waals surface area contributed by atoms with Gasteiger partial charge in [-0.05, 0) is 13.5 Å². The molecule has 0 radical (unpaired) electrons. The average Bonchev–Trinajstić information content (AvgIpc) is 2.59. The molecule has 0 aromatic rings. The molecule has 9 heteroatoms. The topological polar surface area (TPSA) is 47.1 Å². The van der Waals surface area contributed by atoms with Crippen LogP contribution < -0.4 is 0 Å². The second-order valence-corrected chi connectivity index (χ2v) is 6.64. The van der Waals surface area contributed by atoms with Crippen molar-refractivity contribution in [2.75, 3.05) is 58.9 Å². The SMILES string of the molecule is CCN1CCN(C(=O)C(C)N2CCN(C(=O)CC(F)(F)F)CC2)CC1. The van der Waals surface area contributed by atoms with Gasteiger partial charge in [0.25, 0.3) is 0 Å². The summed E-state index contributed by atoms with van der Waals surface area (Å²) in [7, 11) is 0. The van der Waals surface area contributed by atoms with Crippen molar-refractivity contribution in [2.45, 2.75) is 32.5 Å². The van der Waals surface area contributed by atoms with Crippen LogP contribution in [0.4, 0.5) is 13.2 Å². The van der Waals surface area contributed by atoms with Gasteiger partial charge in [-0.3, -0.25) is 14.5 Å². The van der Waals surface area contributed by atoms with Crippen LogP contribution in [0, 0.1) is 0 Å². The Labute approximate surface area is 146 Å². The van der Waals surface area contributed by atoms with Crippen molar-refractivity contribution in [1.82, 2.24) is 19.6 Å². The highest BCUT2D eigenvalue weighted by Gasteiger charge is 2.36. The molecule has 6 nitrogen and oxygen atoms in total. The Kier molecular flexibility index (Phi) is 6.67. The molecule has 0 N–H and O–H groups in total. The number of rotatable bonds is 4. The van der Waals surface area contributed by atoms with E-state index in [1.54, 1.807) is 0 Å². The molecule has 2 rings (SSSR count). The number of amides is 2. The molecule has 0 aromatic heterocycles. The number of carbonyl (C=O) groups excluding carboxylic acids is 2. The van der Waals surface area contributed by atoms with Gasteiger partial charge >= 0.3 is 6.18 Å². The Balaban J connectivity index is 1.80. The minimum absolute atomic E-state index is 0.0609. The molecule has 2 aliphatic rings. The van der Waals surface area contributed by atoms with Crippen LogP contribution >= 0.6 is 0 Å². The van der Waals surface area contributed by atoms with Crippen LogP contribution in [0.2, 0.25) is 0 Å². The van der Waals surface area contributed by atoms with Crippen molar-refractivity contribution in [2.24, 2.45) is 0 Å². The fourth-order valence-corrected chi connectivity index (χ4v) is 3.35. The zero-order valence-corrected chi connectivity index (χ0v) is 14.9. The second-order valence-electron chi connectivity index (χ2n) is 6.64. The summed E-state index contributed by atoms with van der Waals surface area (Å²) in [6.07, 6.45) is -5.89. The van der Waals surface area contributed by atoms with E-state index in [-0.39, 0.29) is 25.0 Å². The quantitative estimate of drug-likeness (QED) is 0.734. The zero-order valence-electron chi connectivity index (χ0n) is 14.9. The summed E-state index contributed by atoms with van der Waals surface area (Å²) in [4.78, 5) is 31.6. The standard InChI is InChI=1S/C16H27F3N4O2/c1-3-20-4-6-23(7-5-20)15(25)13(2)21-8-10-22(11-9-21)14(24)12-16(17,18)19/h13H,3-12H2,1-2H3. The van der Waals surface area contributed by atoms with E-state index < -0.39 is 18.5 Å². The van der Waals surface area contributed by atoms with Crippen LogP contribution in [0.15, 0.2) is 0 Å². The normalized spacial score (nSPS) is 22.1. The van der Waals surface area contributed by atoms with E-state index in [4.69, 9.17) is 0 Å². The first-order valence-corrected chi connectivity index (χ1v) is 8.81. The maximum absolute atomic E-state index is 12.6. The number of halogens is 3. The van der Waals surface area contributed by atoms with E-state index in [2.05, 4.69) is 11.8 Å². The van der Waals surface area contributed by atoms with E-state index in [1.807, 2.05) is 16.7 Å². The van der Waals surface area contributed by atoms with Gasteiger partial charge in [0.05, 0.1) is 6.04 Å². The first-order chi connectivity index (χ1) is 11.7. The summed E-state index contributed by atoms with van der Waals surface area (Å²) in [5.41, 5.74) is 0. The lowest BCUT2D eigenvalue weighted by Crippen LogP contribution is -2.58. The number of alkyl halides is 3. The van der Waals surface area contributed by atoms with Crippen molar-refractivity contribution in [1.29, 1.82) is 0 Å². The molecule has 25 heavy (non-hydrogen) atoms. The number of hydrogen-bond acceptors (Lipinski definition) is 4. The third-order valence-corrected chi connectivity index (χ3v) is 5.05. The average molecular weight is 364 g/mol. The third kappa shape index (κ3) is 5.57. The van der Waals surface area contributed by atoms with Gasteiger partial charge in [0.1, 0.15) is 6.42 Å². The molecule has 1 unspecified atom stereocenters. The van der Waals surface area contributed by atoms with Crippen molar-refractivity contribution in [3.8, 4) is 0 Å². The molecule has 0 aromatic carbocycles. The predicted molar refractivity (Wildman–Crippen MR) is 87.0 cm³/mol. The van der Waals surface area contributed by atoms with Crippen LogP contribution in [0.5, 0.6) is 0 Å². The molecule has 1 atom stereocenters. The van der Waals surface area contributed by atoms with Gasteiger partial charge in [-0.1, -0.05) is 6.92 Å². The third-order valence-electron chi connectivity index (χ3n) is 5.05. The number of hydrogen-bond donors (Lipinski definition) is 0. The molecule has 144 valence electrons. The van der Waals surface area contributed by atoms with E-state index in [0.29, 0.717) is 26.2 Å². The summed E-state index contributed by atoms with van der Waals surface area (Å²) in [6.45, 7) is 9.38. The minimum Gasteiger partial charge on any atom is -0.340 e. The Morgan fingerprint density at radius 3 is 1.92 bits per heavy atom. The Morgan fingerprint density at radius 2 is 1.44 bits per heavy atom. The summed E-state index contributed by atoms with van der Waals surface area (Å²) >= 11 is 0. The van der Waals surface area contributed by atoms with Crippen LogP contribution in [-0.4, -0.2) is 103 Å². The highest BCUT2D eigenvalue weighted by molar-refractivity contribution is 5.81. The maximum Gasteiger partial charge on any atom is 0.397 e. The molecule has 2 amide bonds. The fourth-order valence-electron chi connectivity index (χ4n) is 3.35. The van der Waals surface area contributed by atoms with E-state index in [0.717, 1.165) is 19.6 Å². The number of piperazine rings is 2. The van der Waals surface area contributed by atoms with Crippen molar-refractivity contribution >= 4 is 11.8 Å². The molecule has 0 aliphatic carbocycles. The molecule has 2 saturated heterocycles. The summed E-state index contributed by atoms with van der Waals surface area (Å²) in [6, 6.07) is -0.312. The minimum atomic E-state index is -4.47. The lowest BCUT2D eigenvalue weighted by atomic mass is 10.1. The van der Waals surface area contributed by atoms with Gasteiger partial charge in [0.15, 0.2) is 0 Å². The largest absolute Gasteiger partial charge is 0.397 e. The Morgan fingerprint density at radius 1 is 0.920 bits per heavy atom. The van der Waals surface area contributed by atoms with Gasteiger partial charge in [-0.2, -0.15) is 13.2 Å². The molecular weight excluding hydrogens is 337 g/mol. The van der Waals surface area contributed by atoms with Crippen molar-refractivity contribution in [3.05, 3.63) is 0 Å². The number of likely N-dealkylation sites (N-methyl/N-ethyl adjacent to an activating group) is 1. The summed E-state index contributed by atoms with van der Waals surface area (Å²) in [5, 5.41) is 0. The van der Waals surface area contributed by atoms with Crippen LogP contribution in [0.3, 0.4) is 0 Å². The molecule has 2 fully saturated rings. The van der Waals surface area contributed by atoms with E-state index in [9.17, 15) is 22.8 Å². The van der Waals surface area contributed by atoms with Gasteiger partial charge in [-0.15, -0.1) is 0 Å². The lowest BCUT2D eigenvalue weighted by molar-refractivity contribution is -0.162. The highest BCUT2D eigenvalue weighted by Crippen LogP contribution is 2.21. The first kappa shape index (κ1) is 20.0. The Hall–Kier alpha value is -1.35. The molecule has 0 spiro atoms. The van der Waals surface area contributed by atoms with Gasteiger partial charge in [-0.25, -0.2) is 0 Å². The number of nitrogens with zero attached hydrogens (tertiary/aromatic N) is 4. The zero-order chi connectivity index (χ0) is 18.6. The van der Waals surface area contributed by atoms with Crippen LogP contribution in [-0.2, 0) is 9.59 Å². The van der Waals surface area contributed by atoms with Gasteiger partial charge in [0, 0.05) is 52.4 Å². The van der Waals surface area contributed by atoms with Gasteiger partial charge < -0.3 is 14.7 Å². The molecule has 0 bridgehead atoms. The van der Waals surface area contributed by atoms with E-state index >= 15 is 0 Å². The summed E-state index contributed by atoms with van der Waals surface area (Å²) < 4.78 is 37.0. The predicted octanol–water partition coefficient (Wildman–Crippen LogP) is 0.636. The summed E-state index contributed by atoms with van der Waals surface area (Å²) in [5.74, 6) is -0.826. The number of carbonyl (C=O) groups is 2. The Bertz CT molecular complexity index is 470. The van der Waals surface area contributed by atoms with Crippen molar-refractivity contribution < 1.29 is 22.8 Å². The molecule has 0 saturated carbocycles. The highest BCUT2D eigenvalue weighted by atomic mass is 19.4. The first-order valence-electron chi connectivity index (χ1n) is 8.81. The maximum atomic E-state index is 12.6. The van der Waals surface area contributed by atoms with Crippen molar-refractivity contribution in [3.63, 3.8) is 0 Å². The van der Waals surface area contributed by atoms with Gasteiger partial charge in [0.2, 0.25) is 11.8 Å². The molecular formula is C16H27F3N4O2. The van der Waals surface area contributed by atoms with Crippen LogP contribution in [0.1, 0.15) is 20.3 Å². The lowest BCUT2D eigenvalue weighted by Gasteiger charge is -2.41. The molecule has 2 aliphatic heterocycles. The smallest absolute Gasteiger partial charge is 0.340 e. The van der Waals surface area contributed by atoms with Crippen LogP contribution in [0.25, 0.3) is 0 Å². The monoisotopic (exact) mass is 364 g/mol.